The second-order valence-corrected chi connectivity index (χ2v) is 12.8. The average Bonchev–Trinajstić information content (AvgIpc) is 2.95. The van der Waals surface area contributed by atoms with Gasteiger partial charge in [-0.15, -0.1) is 0 Å². The van der Waals surface area contributed by atoms with Crippen molar-refractivity contribution in [3.05, 3.63) is 95.1 Å². The second kappa shape index (κ2) is 12.6. The number of carbonyl (C=O) groups excluding carboxylic acids is 1. The lowest BCUT2D eigenvalue weighted by molar-refractivity contribution is -0.124. The Labute approximate surface area is 240 Å². The molecule has 3 aromatic rings. The van der Waals surface area contributed by atoms with Gasteiger partial charge in [0.05, 0.1) is 12.0 Å². The normalized spacial score (nSPS) is 17.3. The molecule has 212 valence electrons. The number of nitrogens with one attached hydrogen (secondary N) is 1. The van der Waals surface area contributed by atoms with Gasteiger partial charge in [0.15, 0.2) is 0 Å². The highest BCUT2D eigenvalue weighted by Crippen LogP contribution is 2.50. The summed E-state index contributed by atoms with van der Waals surface area (Å²) >= 11 is 0. The van der Waals surface area contributed by atoms with E-state index in [1.54, 1.807) is 0 Å². The highest BCUT2D eigenvalue weighted by atomic mass is 16.5. The Morgan fingerprint density at radius 2 is 1.50 bits per heavy atom. The van der Waals surface area contributed by atoms with Gasteiger partial charge < -0.3 is 15.2 Å². The highest BCUT2D eigenvalue weighted by molar-refractivity contribution is 5.87. The number of aliphatic hydroxyl groups excluding tert-OH is 1. The van der Waals surface area contributed by atoms with E-state index in [4.69, 9.17) is 4.74 Å². The first kappa shape index (κ1) is 28.4. The average molecular weight is 540 g/mol. The summed E-state index contributed by atoms with van der Waals surface area (Å²) < 4.78 is 6.26. The van der Waals surface area contributed by atoms with Gasteiger partial charge >= 0.3 is 0 Å². The maximum Gasteiger partial charge on any atom is 0.228 e. The molecule has 0 bridgehead atoms. The molecule has 1 amide bonds. The molecule has 0 aromatic heterocycles. The molecule has 2 atom stereocenters. The number of rotatable bonds is 9. The number of fused-ring (bicyclic) bond motifs is 2. The third-order valence-corrected chi connectivity index (χ3v) is 8.56. The number of para-hydroxylation sites is 2. The zero-order chi connectivity index (χ0) is 28.1. The van der Waals surface area contributed by atoms with Crippen LogP contribution in [0.25, 0.3) is 0 Å². The summed E-state index contributed by atoms with van der Waals surface area (Å²) in [5.41, 5.74) is 3.43. The molecule has 1 heterocycles. The van der Waals surface area contributed by atoms with E-state index in [1.165, 1.54) is 44.9 Å². The van der Waals surface area contributed by atoms with Gasteiger partial charge in [-0.2, -0.15) is 0 Å². The van der Waals surface area contributed by atoms with Gasteiger partial charge in [0.25, 0.3) is 0 Å². The Morgan fingerprint density at radius 3 is 2.15 bits per heavy atom. The molecule has 2 N–H and O–H groups in total. The predicted octanol–water partition coefficient (Wildman–Crippen LogP) is 8.80. The molecule has 4 heteroatoms. The van der Waals surface area contributed by atoms with Crippen LogP contribution in [0.2, 0.25) is 0 Å². The third-order valence-electron chi connectivity index (χ3n) is 8.56. The van der Waals surface area contributed by atoms with Gasteiger partial charge in [0, 0.05) is 22.6 Å². The first-order valence-corrected chi connectivity index (χ1v) is 15.3. The van der Waals surface area contributed by atoms with Gasteiger partial charge in [0.1, 0.15) is 11.5 Å². The van der Waals surface area contributed by atoms with Crippen molar-refractivity contribution in [1.29, 1.82) is 0 Å². The summed E-state index contributed by atoms with van der Waals surface area (Å²) in [4.78, 5) is 14.1. The highest BCUT2D eigenvalue weighted by Gasteiger charge is 2.39. The lowest BCUT2D eigenvalue weighted by atomic mass is 9.74. The Kier molecular flexibility index (Phi) is 8.95. The summed E-state index contributed by atoms with van der Waals surface area (Å²) in [6, 6.07) is 24.1. The monoisotopic (exact) mass is 539 g/mol. The van der Waals surface area contributed by atoms with Gasteiger partial charge in [-0.1, -0.05) is 112 Å². The molecule has 0 saturated heterocycles. The molecule has 3 aromatic carbocycles. The third kappa shape index (κ3) is 6.78. The zero-order valence-corrected chi connectivity index (χ0v) is 24.4. The Morgan fingerprint density at radius 1 is 0.875 bits per heavy atom. The number of unbranched alkanes of at least 4 members (excludes halogenated alkanes) is 1. The van der Waals surface area contributed by atoms with Crippen LogP contribution in [-0.2, 0) is 4.79 Å². The van der Waals surface area contributed by atoms with Crippen LogP contribution in [0.1, 0.15) is 119 Å². The van der Waals surface area contributed by atoms with Crippen molar-refractivity contribution in [2.24, 2.45) is 5.92 Å². The molecule has 40 heavy (non-hydrogen) atoms. The van der Waals surface area contributed by atoms with Gasteiger partial charge in [-0.05, 0) is 56.4 Å². The van der Waals surface area contributed by atoms with E-state index >= 15 is 0 Å². The minimum atomic E-state index is -0.535. The van der Waals surface area contributed by atoms with E-state index in [-0.39, 0.29) is 17.4 Å². The van der Waals surface area contributed by atoms with Crippen molar-refractivity contribution in [1.82, 2.24) is 5.32 Å². The number of carbonyl (C=O) groups is 1. The lowest BCUT2D eigenvalue weighted by Gasteiger charge is -2.35. The number of benzene rings is 3. The largest absolute Gasteiger partial charge is 0.457 e. The van der Waals surface area contributed by atoms with E-state index < -0.39 is 12.0 Å². The molecule has 1 aliphatic carbocycles. The van der Waals surface area contributed by atoms with E-state index in [2.05, 4.69) is 23.5 Å². The van der Waals surface area contributed by atoms with Crippen molar-refractivity contribution >= 4 is 5.91 Å². The van der Waals surface area contributed by atoms with Crippen molar-refractivity contribution in [3.63, 3.8) is 0 Å². The van der Waals surface area contributed by atoms with Crippen LogP contribution in [0, 0.1) is 5.92 Å². The summed E-state index contributed by atoms with van der Waals surface area (Å²) in [6.07, 6.45) is 10.6. The summed E-state index contributed by atoms with van der Waals surface area (Å²) in [7, 11) is 0. The van der Waals surface area contributed by atoms with Crippen LogP contribution in [-0.4, -0.2) is 16.6 Å². The fraction of sp³-hybridized carbons (Fsp3) is 0.472. The van der Waals surface area contributed by atoms with Gasteiger partial charge in [0.2, 0.25) is 5.91 Å². The minimum absolute atomic E-state index is 0.0249. The van der Waals surface area contributed by atoms with E-state index in [9.17, 15) is 9.90 Å². The number of hydrogen-bond acceptors (Lipinski definition) is 3. The zero-order valence-electron chi connectivity index (χ0n) is 24.4. The molecule has 1 fully saturated rings. The number of amides is 1. The fourth-order valence-corrected chi connectivity index (χ4v) is 6.62. The van der Waals surface area contributed by atoms with Crippen LogP contribution in [0.4, 0.5) is 0 Å². The topological polar surface area (TPSA) is 58.6 Å². The molecule has 2 unspecified atom stereocenters. The van der Waals surface area contributed by atoms with Crippen LogP contribution >= 0.6 is 0 Å². The lowest BCUT2D eigenvalue weighted by Crippen LogP contribution is -2.44. The summed E-state index contributed by atoms with van der Waals surface area (Å²) in [6.45, 7) is 6.05. The summed E-state index contributed by atoms with van der Waals surface area (Å²) in [5, 5.41) is 14.5. The smallest absolute Gasteiger partial charge is 0.228 e. The molecule has 2 aliphatic rings. The van der Waals surface area contributed by atoms with Crippen LogP contribution in [0.3, 0.4) is 0 Å². The van der Waals surface area contributed by atoms with Gasteiger partial charge in [-0.3, -0.25) is 4.79 Å². The quantitative estimate of drug-likeness (QED) is 0.267. The maximum absolute atomic E-state index is 14.1. The maximum atomic E-state index is 14.1. The van der Waals surface area contributed by atoms with Crippen molar-refractivity contribution in [3.8, 4) is 11.5 Å². The fourth-order valence-electron chi connectivity index (χ4n) is 6.62. The minimum Gasteiger partial charge on any atom is -0.457 e. The molecule has 1 saturated carbocycles. The van der Waals surface area contributed by atoms with Crippen LogP contribution < -0.4 is 10.1 Å². The number of ether oxygens (including phenoxy) is 1. The van der Waals surface area contributed by atoms with E-state index in [0.29, 0.717) is 0 Å². The molecule has 5 rings (SSSR count). The Hall–Kier alpha value is -3.11. The molecule has 4 nitrogen and oxygen atoms in total. The second-order valence-electron chi connectivity index (χ2n) is 12.8. The Balaban J connectivity index is 1.42. The van der Waals surface area contributed by atoms with E-state index in [0.717, 1.165) is 52.5 Å². The van der Waals surface area contributed by atoms with Crippen LogP contribution in [0.15, 0.2) is 72.8 Å². The number of hydrogen-bond donors (Lipinski definition) is 2. The van der Waals surface area contributed by atoms with Crippen molar-refractivity contribution in [2.45, 2.75) is 102 Å². The number of aliphatic hydroxyl groups is 1. The van der Waals surface area contributed by atoms with E-state index in [1.807, 2.05) is 75.4 Å². The molecule has 1 aliphatic heterocycles. The molecular formula is C36H45NO3. The SMILES string of the molecule is CC(C)(C)NC(=O)C(c1cccc(C(O)CCCCC2CCCCC2)c1)C1c2ccccc2Oc2ccccc21. The van der Waals surface area contributed by atoms with Gasteiger partial charge in [-0.25, -0.2) is 0 Å². The predicted molar refractivity (Wildman–Crippen MR) is 162 cm³/mol. The summed E-state index contributed by atoms with van der Waals surface area (Å²) in [5.74, 6) is 1.72. The van der Waals surface area contributed by atoms with Crippen molar-refractivity contribution < 1.29 is 14.6 Å². The Bertz CT molecular complexity index is 1240. The first-order chi connectivity index (χ1) is 19.3. The van der Waals surface area contributed by atoms with Crippen LogP contribution in [0.5, 0.6) is 11.5 Å². The molecule has 0 spiro atoms. The first-order valence-electron chi connectivity index (χ1n) is 15.3. The van der Waals surface area contributed by atoms with Crippen molar-refractivity contribution in [2.75, 3.05) is 0 Å². The molecular weight excluding hydrogens is 494 g/mol. The molecule has 0 radical (unpaired) electrons. The standard InChI is InChI=1S/C36H45NO3/c1-36(2,3)37-35(39)33(34-28-19-8-11-22-31(28)40-32-23-12-9-20-29(32)34)27-18-13-17-26(24-27)30(38)21-10-7-16-25-14-5-4-6-15-25/h8-9,11-13,17-20,22-25,30,33-34,38H,4-7,10,14-16,21H2,1-3H3,(H,37,39).